The minimum atomic E-state index is -0.777. The molecule has 25 heavy (non-hydrogen) atoms. The molecule has 1 fully saturated rings. The van der Waals surface area contributed by atoms with E-state index in [-0.39, 0.29) is 17.4 Å². The normalized spacial score (nSPS) is 15.0. The topological polar surface area (TPSA) is 69.0 Å². The second kappa shape index (κ2) is 7.38. The predicted octanol–water partition coefficient (Wildman–Crippen LogP) is 2.60. The van der Waals surface area contributed by atoms with Crippen LogP contribution in [0.25, 0.3) is 0 Å². The lowest BCUT2D eigenvalue weighted by Gasteiger charge is -2.14. The minimum Gasteiger partial charge on any atom is -0.480 e. The van der Waals surface area contributed by atoms with E-state index in [1.807, 2.05) is 0 Å². The molecule has 1 atom stereocenters. The molecular weight excluding hydrogens is 350 g/mol. The minimum absolute atomic E-state index is 0.0327. The average Bonchev–Trinajstić information content (AvgIpc) is 3.29. The van der Waals surface area contributed by atoms with Crippen LogP contribution >= 0.6 is 11.8 Å². The highest BCUT2D eigenvalue weighted by atomic mass is 32.2. The van der Waals surface area contributed by atoms with Crippen LogP contribution in [0, 0.1) is 11.6 Å². The second-order valence-corrected chi connectivity index (χ2v) is 6.81. The van der Waals surface area contributed by atoms with E-state index < -0.39 is 17.7 Å². The number of thioether (sulfide) groups is 1. The Hall–Kier alpha value is -2.16. The smallest absolute Gasteiger partial charge is 0.230 e. The molecule has 1 amide bonds. The molecule has 0 bridgehead atoms. The summed E-state index contributed by atoms with van der Waals surface area (Å²) in [6.45, 7) is 1.70. The summed E-state index contributed by atoms with van der Waals surface area (Å²) in [6, 6.07) is 3.44. The van der Waals surface area contributed by atoms with Crippen LogP contribution in [0.4, 0.5) is 8.78 Å². The Kier molecular flexibility index (Phi) is 5.22. The summed E-state index contributed by atoms with van der Waals surface area (Å²) in [4.78, 5) is 11.7. The summed E-state index contributed by atoms with van der Waals surface area (Å²) in [5, 5.41) is 11.6. The number of rotatable bonds is 7. The molecule has 1 unspecified atom stereocenters. The molecule has 1 aromatic heterocycles. The van der Waals surface area contributed by atoms with Crippen molar-refractivity contribution in [3.63, 3.8) is 0 Å². The first kappa shape index (κ1) is 17.7. The van der Waals surface area contributed by atoms with Crippen molar-refractivity contribution in [2.45, 2.75) is 37.1 Å². The van der Waals surface area contributed by atoms with Crippen molar-refractivity contribution < 1.29 is 18.3 Å². The van der Waals surface area contributed by atoms with Gasteiger partial charge in [-0.05, 0) is 31.9 Å². The lowest BCUT2D eigenvalue weighted by molar-refractivity contribution is -0.118. The van der Waals surface area contributed by atoms with Crippen molar-refractivity contribution >= 4 is 17.7 Å². The molecule has 1 aliphatic carbocycles. The van der Waals surface area contributed by atoms with Gasteiger partial charge in [-0.3, -0.25) is 4.79 Å². The fourth-order valence-corrected chi connectivity index (χ4v) is 2.98. The molecule has 0 saturated heterocycles. The molecule has 0 aliphatic heterocycles. The van der Waals surface area contributed by atoms with Crippen LogP contribution in [-0.2, 0) is 11.8 Å². The van der Waals surface area contributed by atoms with E-state index in [0.29, 0.717) is 17.0 Å². The number of ether oxygens (including phenoxy) is 1. The summed E-state index contributed by atoms with van der Waals surface area (Å²) < 4.78 is 33.9. The van der Waals surface area contributed by atoms with E-state index >= 15 is 0 Å². The largest absolute Gasteiger partial charge is 0.480 e. The maximum atomic E-state index is 13.7. The first-order chi connectivity index (χ1) is 11.9. The fourth-order valence-electron chi connectivity index (χ4n) is 2.25. The molecule has 134 valence electrons. The third-order valence-electron chi connectivity index (χ3n) is 3.70. The number of nitrogens with one attached hydrogen (secondary N) is 1. The lowest BCUT2D eigenvalue weighted by Crippen LogP contribution is -2.27. The van der Waals surface area contributed by atoms with E-state index in [9.17, 15) is 13.6 Å². The van der Waals surface area contributed by atoms with E-state index in [4.69, 9.17) is 4.74 Å². The predicted molar refractivity (Wildman–Crippen MR) is 88.3 cm³/mol. The number of hydrogen-bond acceptors (Lipinski definition) is 5. The van der Waals surface area contributed by atoms with Crippen LogP contribution < -0.4 is 10.1 Å². The molecule has 9 heteroatoms. The van der Waals surface area contributed by atoms with Gasteiger partial charge in [0.2, 0.25) is 5.91 Å². The Bertz CT molecular complexity index is 779. The number of carbonyl (C=O) groups is 1. The maximum absolute atomic E-state index is 13.7. The van der Waals surface area contributed by atoms with Gasteiger partial charge in [0.15, 0.2) is 28.7 Å². The van der Waals surface area contributed by atoms with Gasteiger partial charge in [-0.15, -0.1) is 10.2 Å². The van der Waals surface area contributed by atoms with Crippen LogP contribution in [-0.4, -0.2) is 32.5 Å². The van der Waals surface area contributed by atoms with E-state index in [1.165, 1.54) is 17.8 Å². The molecule has 1 heterocycles. The van der Waals surface area contributed by atoms with Crippen molar-refractivity contribution in [1.29, 1.82) is 0 Å². The first-order valence-electron chi connectivity index (χ1n) is 7.87. The summed E-state index contributed by atoms with van der Waals surface area (Å²) in [6.07, 6.45) is 1.49. The number of amides is 1. The average molecular weight is 368 g/mol. The molecule has 1 aliphatic rings. The van der Waals surface area contributed by atoms with Crippen molar-refractivity contribution in [1.82, 2.24) is 20.1 Å². The van der Waals surface area contributed by atoms with Gasteiger partial charge in [0.1, 0.15) is 5.82 Å². The Morgan fingerprint density at radius 1 is 1.44 bits per heavy atom. The molecule has 3 rings (SSSR count). The Morgan fingerprint density at radius 3 is 2.88 bits per heavy atom. The zero-order valence-corrected chi connectivity index (χ0v) is 14.6. The lowest BCUT2D eigenvalue weighted by atomic mass is 10.3. The second-order valence-electron chi connectivity index (χ2n) is 5.87. The third kappa shape index (κ3) is 4.47. The zero-order chi connectivity index (χ0) is 18.0. The molecule has 1 N–H and O–H groups in total. The van der Waals surface area contributed by atoms with Gasteiger partial charge >= 0.3 is 0 Å². The van der Waals surface area contributed by atoms with Gasteiger partial charge in [0, 0.05) is 19.2 Å². The molecule has 2 aromatic rings. The monoisotopic (exact) mass is 368 g/mol. The van der Waals surface area contributed by atoms with Crippen LogP contribution in [0.15, 0.2) is 23.4 Å². The molecule has 6 nitrogen and oxygen atoms in total. The van der Waals surface area contributed by atoms with Gasteiger partial charge in [0.25, 0.3) is 0 Å². The molecule has 1 saturated carbocycles. The number of nitrogens with zero attached hydrogens (tertiary/aromatic N) is 3. The number of halogens is 2. The standard InChI is InChI=1S/C16H18F2N4O2S/c1-9(24-13-6-3-10(17)7-12(13)18)15-20-21-16(22(15)2)25-8-14(23)19-11-4-5-11/h3,6-7,9,11H,4-5,8H2,1-2H3,(H,19,23). The molecule has 0 spiro atoms. The van der Waals surface area contributed by atoms with Gasteiger partial charge < -0.3 is 14.6 Å². The van der Waals surface area contributed by atoms with Crippen molar-refractivity contribution in [3.8, 4) is 5.75 Å². The van der Waals surface area contributed by atoms with Crippen LogP contribution in [0.2, 0.25) is 0 Å². The summed E-state index contributed by atoms with van der Waals surface area (Å²) in [5.74, 6) is -0.803. The number of benzene rings is 1. The van der Waals surface area contributed by atoms with Crippen molar-refractivity contribution in [3.05, 3.63) is 35.7 Å². The maximum Gasteiger partial charge on any atom is 0.230 e. The van der Waals surface area contributed by atoms with Gasteiger partial charge in [-0.2, -0.15) is 0 Å². The van der Waals surface area contributed by atoms with E-state index in [0.717, 1.165) is 25.0 Å². The third-order valence-corrected chi connectivity index (χ3v) is 4.72. The fraction of sp³-hybridized carbons (Fsp3) is 0.438. The van der Waals surface area contributed by atoms with Gasteiger partial charge in [-0.25, -0.2) is 8.78 Å². The Balaban J connectivity index is 1.61. The van der Waals surface area contributed by atoms with Crippen LogP contribution in [0.3, 0.4) is 0 Å². The Labute approximate surface area is 148 Å². The first-order valence-corrected chi connectivity index (χ1v) is 8.85. The van der Waals surface area contributed by atoms with E-state index in [1.54, 1.807) is 18.5 Å². The molecule has 0 radical (unpaired) electrons. The molecular formula is C16H18F2N4O2S. The van der Waals surface area contributed by atoms with Crippen LogP contribution in [0.1, 0.15) is 31.7 Å². The van der Waals surface area contributed by atoms with Gasteiger partial charge in [-0.1, -0.05) is 11.8 Å². The number of hydrogen-bond donors (Lipinski definition) is 1. The van der Waals surface area contributed by atoms with Gasteiger partial charge in [0.05, 0.1) is 5.75 Å². The van der Waals surface area contributed by atoms with Crippen molar-refractivity contribution in [2.24, 2.45) is 7.05 Å². The van der Waals surface area contributed by atoms with Crippen LogP contribution in [0.5, 0.6) is 5.75 Å². The summed E-state index contributed by atoms with van der Waals surface area (Å²) in [5.41, 5.74) is 0. The summed E-state index contributed by atoms with van der Waals surface area (Å²) >= 11 is 1.27. The number of carbonyl (C=O) groups excluding carboxylic acids is 1. The van der Waals surface area contributed by atoms with Crippen molar-refractivity contribution in [2.75, 3.05) is 5.75 Å². The van der Waals surface area contributed by atoms with E-state index in [2.05, 4.69) is 15.5 Å². The number of aromatic nitrogens is 3. The Morgan fingerprint density at radius 2 is 2.20 bits per heavy atom. The highest BCUT2D eigenvalue weighted by Crippen LogP contribution is 2.26. The highest BCUT2D eigenvalue weighted by molar-refractivity contribution is 7.99. The molecule has 1 aromatic carbocycles. The zero-order valence-electron chi connectivity index (χ0n) is 13.8. The SMILES string of the molecule is CC(Oc1ccc(F)cc1F)c1nnc(SCC(=O)NC2CC2)n1C. The quantitative estimate of drug-likeness (QED) is 0.761. The summed E-state index contributed by atoms with van der Waals surface area (Å²) in [7, 11) is 1.75. The highest BCUT2D eigenvalue weighted by Gasteiger charge is 2.24.